The summed E-state index contributed by atoms with van der Waals surface area (Å²) in [7, 11) is 0. The first kappa shape index (κ1) is 15.8. The SMILES string of the molecule is CC(C)C1(C(=O)N2CC(C)(C)OC(C)(C)C2)CCNC1. The Labute approximate surface area is 123 Å². The van der Waals surface area contributed by atoms with Gasteiger partial charge in [0, 0.05) is 19.6 Å². The van der Waals surface area contributed by atoms with Gasteiger partial charge in [0.25, 0.3) is 0 Å². The molecule has 4 heteroatoms. The number of nitrogens with one attached hydrogen (secondary N) is 1. The summed E-state index contributed by atoms with van der Waals surface area (Å²) in [6.45, 7) is 15.7. The van der Waals surface area contributed by atoms with Gasteiger partial charge < -0.3 is 15.0 Å². The average Bonchev–Trinajstić information content (AvgIpc) is 2.73. The van der Waals surface area contributed by atoms with E-state index in [0.717, 1.165) is 19.5 Å². The fraction of sp³-hybridized carbons (Fsp3) is 0.938. The molecule has 1 unspecified atom stereocenters. The highest BCUT2D eigenvalue weighted by Gasteiger charge is 2.49. The number of ether oxygens (including phenoxy) is 1. The highest BCUT2D eigenvalue weighted by molar-refractivity contribution is 5.84. The Bertz CT molecular complexity index is 366. The van der Waals surface area contributed by atoms with Crippen molar-refractivity contribution in [2.75, 3.05) is 26.2 Å². The first-order valence-electron chi connectivity index (χ1n) is 7.78. The van der Waals surface area contributed by atoms with E-state index in [1.165, 1.54) is 0 Å². The van der Waals surface area contributed by atoms with Crippen molar-refractivity contribution in [2.24, 2.45) is 11.3 Å². The Hall–Kier alpha value is -0.610. The first-order chi connectivity index (χ1) is 9.08. The highest BCUT2D eigenvalue weighted by atomic mass is 16.5. The van der Waals surface area contributed by atoms with Gasteiger partial charge in [-0.2, -0.15) is 0 Å². The molecule has 0 aromatic rings. The summed E-state index contributed by atoms with van der Waals surface area (Å²) < 4.78 is 6.09. The van der Waals surface area contributed by atoms with Gasteiger partial charge in [0.2, 0.25) is 5.91 Å². The van der Waals surface area contributed by atoms with Crippen LogP contribution >= 0.6 is 0 Å². The monoisotopic (exact) mass is 282 g/mol. The lowest BCUT2D eigenvalue weighted by Crippen LogP contribution is -2.62. The molecule has 2 aliphatic rings. The molecule has 1 atom stereocenters. The summed E-state index contributed by atoms with van der Waals surface area (Å²) >= 11 is 0. The van der Waals surface area contributed by atoms with Crippen molar-refractivity contribution < 1.29 is 9.53 Å². The highest BCUT2D eigenvalue weighted by Crippen LogP contribution is 2.38. The van der Waals surface area contributed by atoms with Crippen LogP contribution in [-0.2, 0) is 9.53 Å². The van der Waals surface area contributed by atoms with E-state index in [9.17, 15) is 4.79 Å². The quantitative estimate of drug-likeness (QED) is 0.842. The topological polar surface area (TPSA) is 41.6 Å². The van der Waals surface area contributed by atoms with Crippen LogP contribution in [-0.4, -0.2) is 48.2 Å². The predicted molar refractivity (Wildman–Crippen MR) is 80.6 cm³/mol. The van der Waals surface area contributed by atoms with Crippen molar-refractivity contribution in [3.8, 4) is 0 Å². The summed E-state index contributed by atoms with van der Waals surface area (Å²) in [4.78, 5) is 15.2. The van der Waals surface area contributed by atoms with Gasteiger partial charge in [-0.15, -0.1) is 0 Å². The summed E-state index contributed by atoms with van der Waals surface area (Å²) in [5.41, 5.74) is -0.785. The second-order valence-corrected chi connectivity index (χ2v) is 8.02. The van der Waals surface area contributed by atoms with Gasteiger partial charge in [0.15, 0.2) is 0 Å². The Kier molecular flexibility index (Phi) is 3.93. The zero-order valence-electron chi connectivity index (χ0n) is 13.9. The molecule has 2 saturated heterocycles. The smallest absolute Gasteiger partial charge is 0.230 e. The molecule has 4 nitrogen and oxygen atoms in total. The molecule has 0 bridgehead atoms. The second kappa shape index (κ2) is 4.99. The number of carbonyl (C=O) groups excluding carboxylic acids is 1. The zero-order valence-corrected chi connectivity index (χ0v) is 13.9. The summed E-state index contributed by atoms with van der Waals surface area (Å²) in [5.74, 6) is 0.668. The van der Waals surface area contributed by atoms with Crippen molar-refractivity contribution in [2.45, 2.75) is 59.2 Å². The van der Waals surface area contributed by atoms with Crippen molar-refractivity contribution in [3.05, 3.63) is 0 Å². The van der Waals surface area contributed by atoms with Crippen LogP contribution in [0, 0.1) is 11.3 Å². The summed E-state index contributed by atoms with van der Waals surface area (Å²) in [6, 6.07) is 0. The fourth-order valence-electron chi connectivity index (χ4n) is 3.88. The average molecular weight is 282 g/mol. The van der Waals surface area contributed by atoms with E-state index in [0.29, 0.717) is 24.9 Å². The molecule has 2 heterocycles. The van der Waals surface area contributed by atoms with E-state index in [2.05, 4.69) is 46.9 Å². The Morgan fingerprint density at radius 3 is 2.10 bits per heavy atom. The molecule has 0 spiro atoms. The van der Waals surface area contributed by atoms with Crippen molar-refractivity contribution in [1.82, 2.24) is 10.2 Å². The molecule has 0 aromatic heterocycles. The van der Waals surface area contributed by atoms with Crippen LogP contribution < -0.4 is 5.32 Å². The molecule has 20 heavy (non-hydrogen) atoms. The third kappa shape index (κ3) is 2.86. The van der Waals surface area contributed by atoms with Crippen LogP contribution in [0.5, 0.6) is 0 Å². The maximum absolute atomic E-state index is 13.2. The van der Waals surface area contributed by atoms with Crippen molar-refractivity contribution in [1.29, 1.82) is 0 Å². The molecule has 2 aliphatic heterocycles. The minimum atomic E-state index is -0.276. The first-order valence-corrected chi connectivity index (χ1v) is 7.78. The molecular formula is C16H30N2O2. The Morgan fingerprint density at radius 2 is 1.70 bits per heavy atom. The number of amides is 1. The molecule has 0 aromatic carbocycles. The standard InChI is InChI=1S/C16H30N2O2/c1-12(2)16(7-8-17-9-16)13(19)18-10-14(3,4)20-15(5,6)11-18/h12,17H,7-11H2,1-6H3. The summed E-state index contributed by atoms with van der Waals surface area (Å²) in [5, 5.41) is 3.38. The van der Waals surface area contributed by atoms with E-state index in [1.807, 2.05) is 4.90 Å². The zero-order chi connectivity index (χ0) is 15.2. The molecule has 116 valence electrons. The van der Waals surface area contributed by atoms with Gasteiger partial charge in [-0.05, 0) is 46.6 Å². The van der Waals surface area contributed by atoms with Crippen LogP contribution in [0.15, 0.2) is 0 Å². The normalized spacial score (nSPS) is 32.6. The summed E-state index contributed by atoms with van der Waals surface area (Å²) in [6.07, 6.45) is 0.946. The molecule has 1 N–H and O–H groups in total. The number of carbonyl (C=O) groups is 1. The van der Waals surface area contributed by atoms with E-state index in [-0.39, 0.29) is 16.6 Å². The molecule has 0 radical (unpaired) electrons. The number of hydrogen-bond acceptors (Lipinski definition) is 3. The van der Waals surface area contributed by atoms with E-state index >= 15 is 0 Å². The van der Waals surface area contributed by atoms with Crippen LogP contribution in [0.3, 0.4) is 0 Å². The third-order valence-corrected chi connectivity index (χ3v) is 4.70. The number of hydrogen-bond donors (Lipinski definition) is 1. The predicted octanol–water partition coefficient (Wildman–Crippen LogP) is 2.04. The van der Waals surface area contributed by atoms with Gasteiger partial charge in [0.1, 0.15) is 0 Å². The second-order valence-electron chi connectivity index (χ2n) is 8.02. The lowest BCUT2D eigenvalue weighted by molar-refractivity contribution is -0.194. The third-order valence-electron chi connectivity index (χ3n) is 4.70. The van der Waals surface area contributed by atoms with Crippen LogP contribution in [0.2, 0.25) is 0 Å². The molecule has 0 aliphatic carbocycles. The fourth-order valence-corrected chi connectivity index (χ4v) is 3.88. The van der Waals surface area contributed by atoms with Gasteiger partial charge >= 0.3 is 0 Å². The molecule has 2 fully saturated rings. The lowest BCUT2D eigenvalue weighted by Gasteiger charge is -2.49. The minimum Gasteiger partial charge on any atom is -0.366 e. The minimum absolute atomic E-state index is 0.233. The van der Waals surface area contributed by atoms with Crippen LogP contribution in [0.25, 0.3) is 0 Å². The number of rotatable bonds is 2. The van der Waals surface area contributed by atoms with Crippen LogP contribution in [0.4, 0.5) is 0 Å². The number of morpholine rings is 1. The molecule has 1 amide bonds. The lowest BCUT2D eigenvalue weighted by atomic mass is 9.74. The van der Waals surface area contributed by atoms with E-state index < -0.39 is 0 Å². The number of nitrogens with zero attached hydrogens (tertiary/aromatic N) is 1. The Balaban J connectivity index is 2.23. The van der Waals surface area contributed by atoms with Gasteiger partial charge in [-0.3, -0.25) is 4.79 Å². The maximum Gasteiger partial charge on any atom is 0.230 e. The molecule has 2 rings (SSSR count). The van der Waals surface area contributed by atoms with Gasteiger partial charge in [0.05, 0.1) is 16.6 Å². The van der Waals surface area contributed by atoms with Gasteiger partial charge in [-0.25, -0.2) is 0 Å². The largest absolute Gasteiger partial charge is 0.366 e. The van der Waals surface area contributed by atoms with Crippen molar-refractivity contribution >= 4 is 5.91 Å². The van der Waals surface area contributed by atoms with Crippen molar-refractivity contribution in [3.63, 3.8) is 0 Å². The Morgan fingerprint density at radius 1 is 1.15 bits per heavy atom. The van der Waals surface area contributed by atoms with Crippen LogP contribution in [0.1, 0.15) is 48.0 Å². The van der Waals surface area contributed by atoms with E-state index in [4.69, 9.17) is 4.74 Å². The maximum atomic E-state index is 13.2. The van der Waals surface area contributed by atoms with E-state index in [1.54, 1.807) is 0 Å². The molecular weight excluding hydrogens is 252 g/mol. The van der Waals surface area contributed by atoms with Gasteiger partial charge in [-0.1, -0.05) is 13.8 Å². The molecule has 0 saturated carbocycles.